The molecule has 0 bridgehead atoms. The van der Waals surface area contributed by atoms with Gasteiger partial charge in [0.1, 0.15) is 22.9 Å². The molecule has 1 aromatic heterocycles. The fraction of sp³-hybridized carbons (Fsp3) is 0.333. The zero-order valence-electron chi connectivity index (χ0n) is 13.8. The maximum absolute atomic E-state index is 13.6. The summed E-state index contributed by atoms with van der Waals surface area (Å²) in [4.78, 5) is 16.4. The average molecular weight is 382 g/mol. The summed E-state index contributed by atoms with van der Waals surface area (Å²) in [6.07, 6.45) is 4.09. The van der Waals surface area contributed by atoms with Crippen molar-refractivity contribution in [1.82, 2.24) is 10.3 Å². The summed E-state index contributed by atoms with van der Waals surface area (Å²) in [6, 6.07) is 4.71. The first-order valence-corrected chi connectivity index (χ1v) is 8.65. The van der Waals surface area contributed by atoms with Crippen LogP contribution in [0.25, 0.3) is 0 Å². The third kappa shape index (κ3) is 4.47. The van der Waals surface area contributed by atoms with E-state index in [9.17, 15) is 13.6 Å². The number of aromatic nitrogens is 1. The van der Waals surface area contributed by atoms with Gasteiger partial charge in [-0.1, -0.05) is 11.6 Å². The van der Waals surface area contributed by atoms with E-state index in [0.29, 0.717) is 0 Å². The number of hydrogen-bond acceptors (Lipinski definition) is 4. The maximum Gasteiger partial charge on any atom is 0.257 e. The van der Waals surface area contributed by atoms with Gasteiger partial charge < -0.3 is 15.8 Å². The summed E-state index contributed by atoms with van der Waals surface area (Å²) >= 11 is 5.93. The number of amides is 1. The molecule has 0 aliphatic heterocycles. The minimum Gasteiger partial charge on any atom is -0.437 e. The van der Waals surface area contributed by atoms with Gasteiger partial charge in [-0.25, -0.2) is 13.8 Å². The molecule has 5 nitrogen and oxygen atoms in total. The first-order valence-electron chi connectivity index (χ1n) is 8.27. The SMILES string of the molecule is NC1CCC(NC(=O)c2cc(F)cnc2Oc2ccc(F)cc2Cl)CC1. The van der Waals surface area contributed by atoms with Crippen LogP contribution >= 0.6 is 11.6 Å². The minimum atomic E-state index is -0.668. The Morgan fingerprint density at radius 1 is 1.19 bits per heavy atom. The Bertz CT molecular complexity index is 811. The number of halogens is 3. The number of carbonyl (C=O) groups excluding carboxylic acids is 1. The summed E-state index contributed by atoms with van der Waals surface area (Å²) in [5.41, 5.74) is 5.81. The molecule has 1 amide bonds. The van der Waals surface area contributed by atoms with E-state index in [-0.39, 0.29) is 34.3 Å². The molecule has 1 aliphatic carbocycles. The fourth-order valence-corrected chi connectivity index (χ4v) is 3.07. The Hall–Kier alpha value is -2.25. The summed E-state index contributed by atoms with van der Waals surface area (Å²) < 4.78 is 32.3. The van der Waals surface area contributed by atoms with Crippen molar-refractivity contribution in [3.05, 3.63) is 52.7 Å². The van der Waals surface area contributed by atoms with Crippen LogP contribution in [-0.2, 0) is 0 Å². The quantitative estimate of drug-likeness (QED) is 0.844. The molecule has 26 heavy (non-hydrogen) atoms. The van der Waals surface area contributed by atoms with Crippen molar-refractivity contribution in [1.29, 1.82) is 0 Å². The first-order chi connectivity index (χ1) is 12.4. The van der Waals surface area contributed by atoms with E-state index in [2.05, 4.69) is 10.3 Å². The molecule has 138 valence electrons. The van der Waals surface area contributed by atoms with Crippen LogP contribution in [0, 0.1) is 11.6 Å². The van der Waals surface area contributed by atoms with E-state index in [1.165, 1.54) is 6.07 Å². The van der Waals surface area contributed by atoms with Gasteiger partial charge in [-0.15, -0.1) is 0 Å². The number of hydrogen-bond donors (Lipinski definition) is 2. The lowest BCUT2D eigenvalue weighted by atomic mass is 9.91. The predicted molar refractivity (Wildman–Crippen MR) is 93.4 cm³/mol. The Kier molecular flexibility index (Phi) is 5.68. The minimum absolute atomic E-state index is 0.0174. The van der Waals surface area contributed by atoms with Crippen LogP contribution in [-0.4, -0.2) is 23.0 Å². The molecule has 3 rings (SSSR count). The zero-order chi connectivity index (χ0) is 18.7. The largest absolute Gasteiger partial charge is 0.437 e. The van der Waals surface area contributed by atoms with Crippen LogP contribution in [0.5, 0.6) is 11.6 Å². The molecule has 0 radical (unpaired) electrons. The summed E-state index contributed by atoms with van der Waals surface area (Å²) in [6.45, 7) is 0. The lowest BCUT2D eigenvalue weighted by Gasteiger charge is -2.27. The molecular formula is C18H18ClF2N3O2. The number of ether oxygens (including phenoxy) is 1. The van der Waals surface area contributed by atoms with Crippen LogP contribution in [0.1, 0.15) is 36.0 Å². The molecule has 3 N–H and O–H groups in total. The fourth-order valence-electron chi connectivity index (χ4n) is 2.86. The molecule has 1 aliphatic rings. The Labute approximate surface area is 154 Å². The van der Waals surface area contributed by atoms with Crippen molar-refractivity contribution in [3.63, 3.8) is 0 Å². The number of nitrogens with two attached hydrogens (primary N) is 1. The van der Waals surface area contributed by atoms with Crippen molar-refractivity contribution >= 4 is 17.5 Å². The Balaban J connectivity index is 1.80. The van der Waals surface area contributed by atoms with Crippen LogP contribution < -0.4 is 15.8 Å². The van der Waals surface area contributed by atoms with Gasteiger partial charge in [0.15, 0.2) is 0 Å². The first kappa shape index (κ1) is 18.5. The van der Waals surface area contributed by atoms with E-state index in [1.54, 1.807) is 0 Å². The second kappa shape index (κ2) is 7.97. The summed E-state index contributed by atoms with van der Waals surface area (Å²) in [7, 11) is 0. The molecule has 0 unspecified atom stereocenters. The topological polar surface area (TPSA) is 77.2 Å². The number of nitrogens with one attached hydrogen (secondary N) is 1. The number of nitrogens with zero attached hydrogens (tertiary/aromatic N) is 1. The van der Waals surface area contributed by atoms with E-state index >= 15 is 0 Å². The van der Waals surface area contributed by atoms with Crippen LogP contribution in [0.2, 0.25) is 5.02 Å². The second-order valence-electron chi connectivity index (χ2n) is 6.27. The van der Waals surface area contributed by atoms with Gasteiger partial charge in [0.05, 0.1) is 11.2 Å². The highest BCUT2D eigenvalue weighted by Gasteiger charge is 2.23. The van der Waals surface area contributed by atoms with Gasteiger partial charge in [0, 0.05) is 12.1 Å². The Morgan fingerprint density at radius 2 is 1.92 bits per heavy atom. The van der Waals surface area contributed by atoms with Gasteiger partial charge >= 0.3 is 0 Å². The lowest BCUT2D eigenvalue weighted by molar-refractivity contribution is 0.0922. The third-order valence-electron chi connectivity index (χ3n) is 4.27. The molecule has 0 spiro atoms. The molecular weight excluding hydrogens is 364 g/mol. The molecule has 1 fully saturated rings. The normalized spacial score (nSPS) is 19.8. The molecule has 0 saturated heterocycles. The second-order valence-corrected chi connectivity index (χ2v) is 6.68. The Morgan fingerprint density at radius 3 is 2.62 bits per heavy atom. The highest BCUT2D eigenvalue weighted by Crippen LogP contribution is 2.31. The number of pyridine rings is 1. The van der Waals surface area contributed by atoms with E-state index in [4.69, 9.17) is 22.1 Å². The van der Waals surface area contributed by atoms with Gasteiger partial charge in [-0.2, -0.15) is 0 Å². The average Bonchev–Trinajstić information content (AvgIpc) is 2.60. The lowest BCUT2D eigenvalue weighted by Crippen LogP contribution is -2.40. The van der Waals surface area contributed by atoms with Crippen molar-refractivity contribution in [3.8, 4) is 11.6 Å². The highest BCUT2D eigenvalue weighted by molar-refractivity contribution is 6.32. The number of rotatable bonds is 4. The number of benzene rings is 1. The predicted octanol–water partition coefficient (Wildman–Crippen LogP) is 3.81. The van der Waals surface area contributed by atoms with Gasteiger partial charge in [-0.3, -0.25) is 4.79 Å². The molecule has 2 aromatic rings. The van der Waals surface area contributed by atoms with Crippen molar-refractivity contribution in [2.24, 2.45) is 5.73 Å². The monoisotopic (exact) mass is 381 g/mol. The van der Waals surface area contributed by atoms with Gasteiger partial charge in [0.25, 0.3) is 5.91 Å². The summed E-state index contributed by atoms with van der Waals surface area (Å²) in [5.74, 6) is -1.68. The molecule has 0 atom stereocenters. The van der Waals surface area contributed by atoms with Crippen molar-refractivity contribution in [2.75, 3.05) is 0 Å². The van der Waals surface area contributed by atoms with Crippen molar-refractivity contribution in [2.45, 2.75) is 37.8 Å². The standard InChI is InChI=1S/C18H18ClF2N3O2/c19-15-8-10(20)1-6-16(15)26-18-14(7-11(21)9-23-18)17(25)24-13-4-2-12(22)3-5-13/h1,6-9,12-13H,2-5,22H2,(H,24,25). The molecule has 1 aromatic carbocycles. The van der Waals surface area contributed by atoms with Crippen molar-refractivity contribution < 1.29 is 18.3 Å². The smallest absolute Gasteiger partial charge is 0.257 e. The molecule has 1 saturated carbocycles. The van der Waals surface area contributed by atoms with Crippen LogP contribution in [0.15, 0.2) is 30.5 Å². The van der Waals surface area contributed by atoms with Crippen LogP contribution in [0.4, 0.5) is 8.78 Å². The van der Waals surface area contributed by atoms with E-state index < -0.39 is 17.5 Å². The zero-order valence-corrected chi connectivity index (χ0v) is 14.6. The van der Waals surface area contributed by atoms with Gasteiger partial charge in [0.2, 0.25) is 5.88 Å². The van der Waals surface area contributed by atoms with E-state index in [0.717, 1.165) is 50.1 Å². The summed E-state index contributed by atoms with van der Waals surface area (Å²) in [5, 5.41) is 2.88. The third-order valence-corrected chi connectivity index (χ3v) is 4.57. The maximum atomic E-state index is 13.6. The molecule has 8 heteroatoms. The number of carbonyl (C=O) groups is 1. The van der Waals surface area contributed by atoms with Gasteiger partial charge in [-0.05, 0) is 49.9 Å². The van der Waals surface area contributed by atoms with Crippen LogP contribution in [0.3, 0.4) is 0 Å². The highest BCUT2D eigenvalue weighted by atomic mass is 35.5. The molecule has 1 heterocycles. The van der Waals surface area contributed by atoms with E-state index in [1.807, 2.05) is 0 Å².